The third kappa shape index (κ3) is 2.00. The lowest BCUT2D eigenvalue weighted by molar-refractivity contribution is -0.121. The van der Waals surface area contributed by atoms with Gasteiger partial charge in [0.25, 0.3) is 5.91 Å². The Labute approximate surface area is 139 Å². The van der Waals surface area contributed by atoms with Crippen LogP contribution in [0.1, 0.15) is 23.6 Å². The zero-order valence-electron chi connectivity index (χ0n) is 13.0. The minimum absolute atomic E-state index is 0.0558. The topological polar surface area (TPSA) is 44.7 Å². The second kappa shape index (κ2) is 5.13. The molecule has 5 heteroatoms. The lowest BCUT2D eigenvalue weighted by Crippen LogP contribution is -2.44. The molecule has 0 aromatic heterocycles. The average Bonchev–Trinajstić information content (AvgIpc) is 3.12. The Morgan fingerprint density at radius 1 is 1.22 bits per heavy atom. The molecule has 23 heavy (non-hydrogen) atoms. The molecule has 116 valence electrons. The highest BCUT2D eigenvalue weighted by Crippen LogP contribution is 2.50. The van der Waals surface area contributed by atoms with Crippen molar-refractivity contribution in [1.29, 1.82) is 0 Å². The van der Waals surface area contributed by atoms with E-state index >= 15 is 0 Å². The van der Waals surface area contributed by atoms with Gasteiger partial charge in [-0.25, -0.2) is 0 Å². The number of fused-ring (bicyclic) bond motifs is 2. The fourth-order valence-electron chi connectivity index (χ4n) is 3.13. The van der Waals surface area contributed by atoms with Crippen molar-refractivity contribution in [1.82, 2.24) is 5.43 Å². The molecular weight excluding hydrogens is 306 g/mol. The van der Waals surface area contributed by atoms with Crippen LogP contribution in [-0.2, 0) is 9.67 Å². The Kier molecular flexibility index (Phi) is 3.20. The Morgan fingerprint density at radius 2 is 2.00 bits per heavy atom. The zero-order valence-corrected chi connectivity index (χ0v) is 13.9. The fraction of sp³-hybridized carbons (Fsp3) is 0.222. The number of hydrogen-bond acceptors (Lipinski definition) is 4. The van der Waals surface area contributed by atoms with Crippen molar-refractivity contribution in [3.05, 3.63) is 65.2 Å². The number of carbonyl (C=O) groups is 1. The van der Waals surface area contributed by atoms with Crippen molar-refractivity contribution in [2.75, 3.05) is 11.4 Å². The first-order chi connectivity index (χ1) is 11.2. The van der Waals surface area contributed by atoms with Crippen molar-refractivity contribution in [3.8, 4) is 0 Å². The molecule has 1 unspecified atom stereocenters. The lowest BCUT2D eigenvalue weighted by Gasteiger charge is -2.22. The van der Waals surface area contributed by atoms with E-state index in [1.807, 2.05) is 61.2 Å². The number of hydrogen-bond donors (Lipinski definition) is 1. The van der Waals surface area contributed by atoms with Crippen molar-refractivity contribution in [2.24, 2.45) is 5.10 Å². The Morgan fingerprint density at radius 3 is 2.74 bits per heavy atom. The molecule has 1 N–H and O–H groups in total. The number of benzene rings is 2. The molecule has 0 saturated carbocycles. The molecule has 2 heterocycles. The molecule has 2 aromatic rings. The van der Waals surface area contributed by atoms with Gasteiger partial charge in [-0.1, -0.05) is 59.8 Å². The normalized spacial score (nSPS) is 22.3. The second-order valence-electron chi connectivity index (χ2n) is 5.75. The molecule has 1 spiro atoms. The van der Waals surface area contributed by atoms with Gasteiger partial charge in [-0.3, -0.25) is 10.2 Å². The Hall–Kier alpha value is -2.27. The molecule has 0 radical (unpaired) electrons. The van der Waals surface area contributed by atoms with Crippen molar-refractivity contribution in [3.63, 3.8) is 0 Å². The van der Waals surface area contributed by atoms with Gasteiger partial charge in [-0.15, -0.1) is 0 Å². The quantitative estimate of drug-likeness (QED) is 0.923. The number of nitrogens with zero attached hydrogens (tertiary/aromatic N) is 2. The summed E-state index contributed by atoms with van der Waals surface area (Å²) < 4.78 is 0. The maximum atomic E-state index is 13.1. The summed E-state index contributed by atoms with van der Waals surface area (Å²) in [5.41, 5.74) is 7.29. The molecule has 2 aliphatic heterocycles. The minimum Gasteiger partial charge on any atom is -0.309 e. The third-order valence-electron chi connectivity index (χ3n) is 4.27. The van der Waals surface area contributed by atoms with Crippen LogP contribution >= 0.6 is 11.8 Å². The van der Waals surface area contributed by atoms with Crippen LogP contribution in [0.2, 0.25) is 0 Å². The standard InChI is InChI=1S/C18H17N3OS/c1-3-21-15-10-9-12(2)11-14(15)18(17(21)22)20-19-16(23-18)13-7-5-4-6-8-13/h4-11,20H,3H2,1-2H3. The molecule has 0 saturated heterocycles. The maximum absolute atomic E-state index is 13.1. The van der Waals surface area contributed by atoms with E-state index in [1.54, 1.807) is 0 Å². The van der Waals surface area contributed by atoms with Gasteiger partial charge in [0, 0.05) is 17.7 Å². The van der Waals surface area contributed by atoms with Crippen molar-refractivity contribution >= 4 is 28.4 Å². The van der Waals surface area contributed by atoms with E-state index in [4.69, 9.17) is 0 Å². The number of carbonyl (C=O) groups excluding carboxylic acids is 1. The maximum Gasteiger partial charge on any atom is 0.269 e. The largest absolute Gasteiger partial charge is 0.309 e. The minimum atomic E-state index is -0.831. The number of anilines is 1. The molecule has 0 fully saturated rings. The van der Waals surface area contributed by atoms with Gasteiger partial charge in [0.2, 0.25) is 4.87 Å². The summed E-state index contributed by atoms with van der Waals surface area (Å²) >= 11 is 1.50. The Balaban J connectivity index is 1.79. The number of amides is 1. The highest BCUT2D eigenvalue weighted by Gasteiger charge is 2.55. The summed E-state index contributed by atoms with van der Waals surface area (Å²) in [4.78, 5) is 14.1. The summed E-state index contributed by atoms with van der Waals surface area (Å²) in [5, 5.41) is 5.32. The summed E-state index contributed by atoms with van der Waals surface area (Å²) in [6.45, 7) is 4.70. The smallest absolute Gasteiger partial charge is 0.269 e. The molecule has 0 aliphatic carbocycles. The number of nitrogens with one attached hydrogen (secondary N) is 1. The molecule has 2 aliphatic rings. The van der Waals surface area contributed by atoms with Gasteiger partial charge < -0.3 is 4.90 Å². The van der Waals surface area contributed by atoms with Crippen LogP contribution in [0.4, 0.5) is 5.69 Å². The number of thioether (sulfide) groups is 1. The molecule has 4 rings (SSSR count). The van der Waals surface area contributed by atoms with Crippen molar-refractivity contribution < 1.29 is 4.79 Å². The predicted molar refractivity (Wildman–Crippen MR) is 94.6 cm³/mol. The highest BCUT2D eigenvalue weighted by molar-refractivity contribution is 8.16. The average molecular weight is 323 g/mol. The summed E-state index contributed by atoms with van der Waals surface area (Å²) in [6.07, 6.45) is 0. The molecule has 0 bridgehead atoms. The van der Waals surface area contributed by atoms with E-state index in [0.29, 0.717) is 6.54 Å². The van der Waals surface area contributed by atoms with Gasteiger partial charge >= 0.3 is 0 Å². The first-order valence-electron chi connectivity index (χ1n) is 7.68. The number of hydrazone groups is 1. The van der Waals surface area contributed by atoms with Gasteiger partial charge in [0.1, 0.15) is 5.04 Å². The van der Waals surface area contributed by atoms with E-state index in [2.05, 4.69) is 16.6 Å². The van der Waals surface area contributed by atoms with Gasteiger partial charge in [0.05, 0.1) is 5.69 Å². The van der Waals surface area contributed by atoms with E-state index in [-0.39, 0.29) is 5.91 Å². The van der Waals surface area contributed by atoms with Gasteiger partial charge in [-0.2, -0.15) is 5.10 Å². The summed E-state index contributed by atoms with van der Waals surface area (Å²) in [7, 11) is 0. The van der Waals surface area contributed by atoms with Gasteiger partial charge in [-0.05, 0) is 19.9 Å². The molecule has 1 atom stereocenters. The predicted octanol–water partition coefficient (Wildman–Crippen LogP) is 3.21. The Bertz CT molecular complexity index is 818. The first kappa shape index (κ1) is 14.3. The monoisotopic (exact) mass is 323 g/mol. The number of likely N-dealkylation sites (N-methyl/N-ethyl adjacent to an activating group) is 1. The van der Waals surface area contributed by atoms with Crippen LogP contribution in [0.5, 0.6) is 0 Å². The summed E-state index contributed by atoms with van der Waals surface area (Å²) in [5.74, 6) is 0.0558. The summed E-state index contributed by atoms with van der Waals surface area (Å²) in [6, 6.07) is 16.1. The van der Waals surface area contributed by atoms with Crippen LogP contribution in [0.25, 0.3) is 0 Å². The molecule has 1 amide bonds. The van der Waals surface area contributed by atoms with Crippen LogP contribution in [0.15, 0.2) is 53.6 Å². The molecular formula is C18H17N3OS. The number of rotatable bonds is 2. The van der Waals surface area contributed by atoms with E-state index < -0.39 is 4.87 Å². The molecule has 2 aromatic carbocycles. The van der Waals surface area contributed by atoms with Crippen LogP contribution < -0.4 is 10.3 Å². The van der Waals surface area contributed by atoms with E-state index in [9.17, 15) is 4.79 Å². The highest BCUT2D eigenvalue weighted by atomic mass is 32.2. The van der Waals surface area contributed by atoms with E-state index in [1.165, 1.54) is 11.8 Å². The number of aryl methyl sites for hydroxylation is 1. The van der Waals surface area contributed by atoms with Crippen LogP contribution in [-0.4, -0.2) is 17.5 Å². The van der Waals surface area contributed by atoms with Crippen molar-refractivity contribution in [2.45, 2.75) is 18.7 Å². The van der Waals surface area contributed by atoms with E-state index in [0.717, 1.165) is 27.4 Å². The first-order valence-corrected chi connectivity index (χ1v) is 8.50. The molecule has 4 nitrogen and oxygen atoms in total. The fourth-order valence-corrected chi connectivity index (χ4v) is 4.32. The van der Waals surface area contributed by atoms with Crippen LogP contribution in [0, 0.1) is 6.92 Å². The zero-order chi connectivity index (χ0) is 16.0. The lowest BCUT2D eigenvalue weighted by atomic mass is 10.1. The van der Waals surface area contributed by atoms with Crippen LogP contribution in [0.3, 0.4) is 0 Å². The van der Waals surface area contributed by atoms with Gasteiger partial charge in [0.15, 0.2) is 0 Å². The third-order valence-corrected chi connectivity index (χ3v) is 5.58. The second-order valence-corrected chi connectivity index (χ2v) is 6.95. The SMILES string of the molecule is CCN1C(=O)C2(NN=C(c3ccccc3)S2)c2cc(C)ccc21.